The molecule has 0 atom stereocenters. The lowest BCUT2D eigenvalue weighted by atomic mass is 10.4. The van der Waals surface area contributed by atoms with E-state index in [0.29, 0.717) is 11.2 Å². The molecule has 0 saturated heterocycles. The minimum absolute atomic E-state index is 0.385. The summed E-state index contributed by atoms with van der Waals surface area (Å²) in [7, 11) is 0. The zero-order chi connectivity index (χ0) is 10.8. The van der Waals surface area contributed by atoms with Gasteiger partial charge in [0.05, 0.1) is 6.61 Å². The first-order valence-electron chi connectivity index (χ1n) is 5.29. The van der Waals surface area contributed by atoms with Crippen LogP contribution in [-0.4, -0.2) is 30.9 Å². The Bertz CT molecular complexity index is 151. The molecule has 2 N–H and O–H groups in total. The molecule has 4 heteroatoms. The number of thiocarbonyl (C=S) groups is 1. The van der Waals surface area contributed by atoms with Gasteiger partial charge in [-0.05, 0) is 32.5 Å². The summed E-state index contributed by atoms with van der Waals surface area (Å²) in [5.74, 6) is 0. The van der Waals surface area contributed by atoms with E-state index < -0.39 is 0 Å². The van der Waals surface area contributed by atoms with Crippen LogP contribution in [0, 0.1) is 0 Å². The molecule has 0 unspecified atom stereocenters. The second-order valence-electron chi connectivity index (χ2n) is 3.52. The number of unbranched alkanes of at least 4 members (excludes halogenated alkanes) is 1. The van der Waals surface area contributed by atoms with Gasteiger partial charge in [-0.15, -0.1) is 0 Å². The van der Waals surface area contributed by atoms with Gasteiger partial charge in [0.2, 0.25) is 0 Å². The maximum absolute atomic E-state index is 5.38. The lowest BCUT2D eigenvalue weighted by molar-refractivity contribution is 0.136. The van der Waals surface area contributed by atoms with Crippen molar-refractivity contribution in [2.75, 3.05) is 19.8 Å². The zero-order valence-corrected chi connectivity index (χ0v) is 10.2. The molecule has 84 valence electrons. The molecule has 3 nitrogen and oxygen atoms in total. The molecule has 0 aliphatic heterocycles. The van der Waals surface area contributed by atoms with Gasteiger partial charge in [0, 0.05) is 19.2 Å². The first-order chi connectivity index (χ1) is 6.66. The van der Waals surface area contributed by atoms with Crippen LogP contribution in [-0.2, 0) is 4.74 Å². The first-order valence-corrected chi connectivity index (χ1v) is 5.69. The average Bonchev–Trinajstić information content (AvgIpc) is 2.10. The number of hydrogen-bond acceptors (Lipinski definition) is 2. The third kappa shape index (κ3) is 9.74. The van der Waals surface area contributed by atoms with Crippen LogP contribution in [0.1, 0.15) is 33.6 Å². The molecule has 0 aliphatic carbocycles. The maximum Gasteiger partial charge on any atom is 0.166 e. The molecule has 0 saturated carbocycles. The summed E-state index contributed by atoms with van der Waals surface area (Å²) in [5, 5.41) is 6.90. The lowest BCUT2D eigenvalue weighted by Crippen LogP contribution is -2.40. The second-order valence-corrected chi connectivity index (χ2v) is 3.93. The van der Waals surface area contributed by atoms with Crippen LogP contribution < -0.4 is 10.6 Å². The normalized spacial score (nSPS) is 10.3. The summed E-state index contributed by atoms with van der Waals surface area (Å²) in [6.45, 7) is 8.63. The highest BCUT2D eigenvalue weighted by molar-refractivity contribution is 7.80. The standard InChI is InChI=1S/C10H22N2OS/c1-4-5-7-13-8-6-11-10(14)12-9(2)3/h9H,4-8H2,1-3H3,(H2,11,12,14). The molecule has 0 heterocycles. The van der Waals surface area contributed by atoms with Crippen LogP contribution in [0.5, 0.6) is 0 Å². The lowest BCUT2D eigenvalue weighted by Gasteiger charge is -2.12. The molecule has 0 aromatic rings. The maximum atomic E-state index is 5.38. The van der Waals surface area contributed by atoms with Crippen LogP contribution in [0.25, 0.3) is 0 Å². The molecule has 0 spiro atoms. The number of hydrogen-bond donors (Lipinski definition) is 2. The van der Waals surface area contributed by atoms with Crippen molar-refractivity contribution in [3.63, 3.8) is 0 Å². The Hall–Kier alpha value is -0.350. The summed E-state index contributed by atoms with van der Waals surface area (Å²) < 4.78 is 5.38. The molecule has 0 aromatic carbocycles. The highest BCUT2D eigenvalue weighted by Crippen LogP contribution is 1.86. The van der Waals surface area contributed by atoms with Crippen molar-refractivity contribution in [1.82, 2.24) is 10.6 Å². The van der Waals surface area contributed by atoms with E-state index in [0.717, 1.165) is 26.2 Å². The van der Waals surface area contributed by atoms with Crippen LogP contribution in [0.15, 0.2) is 0 Å². The summed E-state index contributed by atoms with van der Waals surface area (Å²) in [6.07, 6.45) is 2.31. The van der Waals surface area contributed by atoms with E-state index >= 15 is 0 Å². The molecule has 0 bridgehead atoms. The van der Waals surface area contributed by atoms with Gasteiger partial charge < -0.3 is 15.4 Å². The Balaban J connectivity index is 3.15. The van der Waals surface area contributed by atoms with Crippen LogP contribution >= 0.6 is 12.2 Å². The van der Waals surface area contributed by atoms with E-state index in [-0.39, 0.29) is 0 Å². The summed E-state index contributed by atoms with van der Waals surface area (Å²) in [5.41, 5.74) is 0. The minimum atomic E-state index is 0.385. The topological polar surface area (TPSA) is 33.3 Å². The SMILES string of the molecule is CCCCOCCNC(=S)NC(C)C. The van der Waals surface area contributed by atoms with Gasteiger partial charge in [0.1, 0.15) is 0 Å². The first kappa shape index (κ1) is 13.7. The van der Waals surface area contributed by atoms with E-state index in [2.05, 4.69) is 31.4 Å². The largest absolute Gasteiger partial charge is 0.380 e. The van der Waals surface area contributed by atoms with Gasteiger partial charge >= 0.3 is 0 Å². The van der Waals surface area contributed by atoms with Gasteiger partial charge in [0.25, 0.3) is 0 Å². The molecule has 0 rings (SSSR count). The van der Waals surface area contributed by atoms with Gasteiger partial charge in [-0.3, -0.25) is 0 Å². The van der Waals surface area contributed by atoms with E-state index in [1.54, 1.807) is 0 Å². The predicted octanol–water partition coefficient (Wildman–Crippen LogP) is 1.68. The molecule has 0 radical (unpaired) electrons. The minimum Gasteiger partial charge on any atom is -0.380 e. The Morgan fingerprint density at radius 3 is 2.64 bits per heavy atom. The number of rotatable bonds is 7. The fourth-order valence-electron chi connectivity index (χ4n) is 0.898. The van der Waals surface area contributed by atoms with Gasteiger partial charge in [-0.25, -0.2) is 0 Å². The fourth-order valence-corrected chi connectivity index (χ4v) is 1.24. The molecule has 14 heavy (non-hydrogen) atoms. The summed E-state index contributed by atoms with van der Waals surface area (Å²) in [6, 6.07) is 0.385. The Morgan fingerprint density at radius 2 is 2.07 bits per heavy atom. The van der Waals surface area contributed by atoms with E-state index in [1.807, 2.05) is 0 Å². The summed E-state index contributed by atoms with van der Waals surface area (Å²) in [4.78, 5) is 0. The zero-order valence-electron chi connectivity index (χ0n) is 9.43. The monoisotopic (exact) mass is 218 g/mol. The third-order valence-corrected chi connectivity index (χ3v) is 1.86. The fraction of sp³-hybridized carbons (Fsp3) is 0.900. The van der Waals surface area contributed by atoms with E-state index in [4.69, 9.17) is 17.0 Å². The van der Waals surface area contributed by atoms with Crippen molar-refractivity contribution in [3.05, 3.63) is 0 Å². The van der Waals surface area contributed by atoms with Crippen molar-refractivity contribution in [3.8, 4) is 0 Å². The van der Waals surface area contributed by atoms with Crippen LogP contribution in [0.4, 0.5) is 0 Å². The Kier molecular flexibility index (Phi) is 8.98. The van der Waals surface area contributed by atoms with Crippen molar-refractivity contribution in [2.45, 2.75) is 39.7 Å². The van der Waals surface area contributed by atoms with Gasteiger partial charge in [-0.1, -0.05) is 13.3 Å². The highest BCUT2D eigenvalue weighted by Gasteiger charge is 1.96. The Morgan fingerprint density at radius 1 is 1.36 bits per heavy atom. The van der Waals surface area contributed by atoms with Crippen molar-refractivity contribution in [2.24, 2.45) is 0 Å². The van der Waals surface area contributed by atoms with Crippen LogP contribution in [0.3, 0.4) is 0 Å². The molecular formula is C10H22N2OS. The Labute approximate surface area is 92.6 Å². The molecule has 0 aromatic heterocycles. The quantitative estimate of drug-likeness (QED) is 0.503. The number of nitrogens with one attached hydrogen (secondary N) is 2. The van der Waals surface area contributed by atoms with Crippen molar-refractivity contribution in [1.29, 1.82) is 0 Å². The average molecular weight is 218 g/mol. The summed E-state index contributed by atoms with van der Waals surface area (Å²) >= 11 is 5.05. The second kappa shape index (κ2) is 9.21. The third-order valence-electron chi connectivity index (χ3n) is 1.59. The van der Waals surface area contributed by atoms with E-state index in [1.165, 1.54) is 6.42 Å². The smallest absolute Gasteiger partial charge is 0.166 e. The molecule has 0 aliphatic rings. The van der Waals surface area contributed by atoms with Gasteiger partial charge in [-0.2, -0.15) is 0 Å². The van der Waals surface area contributed by atoms with Gasteiger partial charge in [0.15, 0.2) is 5.11 Å². The van der Waals surface area contributed by atoms with Crippen molar-refractivity contribution < 1.29 is 4.74 Å². The molecule has 0 fully saturated rings. The molecular weight excluding hydrogens is 196 g/mol. The van der Waals surface area contributed by atoms with Crippen LogP contribution in [0.2, 0.25) is 0 Å². The number of ether oxygens (including phenoxy) is 1. The highest BCUT2D eigenvalue weighted by atomic mass is 32.1. The molecule has 0 amide bonds. The van der Waals surface area contributed by atoms with E-state index in [9.17, 15) is 0 Å². The predicted molar refractivity (Wildman–Crippen MR) is 64.6 cm³/mol. The van der Waals surface area contributed by atoms with Crippen molar-refractivity contribution >= 4 is 17.3 Å².